The Kier molecular flexibility index (Phi) is 1.90. The Hall–Kier alpha value is -0.530. The average Bonchev–Trinajstić information content (AvgIpc) is 2.76. The fraction of sp³-hybridized carbons (Fsp3) is 0.909. The van der Waals surface area contributed by atoms with E-state index in [9.17, 15) is 4.79 Å². The molecule has 0 aromatic rings. The van der Waals surface area contributed by atoms with Crippen molar-refractivity contribution >= 4 is 5.91 Å². The van der Waals surface area contributed by atoms with Crippen LogP contribution in [0.1, 0.15) is 33.6 Å². The van der Waals surface area contributed by atoms with Gasteiger partial charge in [-0.05, 0) is 18.8 Å². The summed E-state index contributed by atoms with van der Waals surface area (Å²) in [5.74, 6) is 1.45. The zero-order valence-corrected chi connectivity index (χ0v) is 8.84. The lowest BCUT2D eigenvalue weighted by Gasteiger charge is -2.48. The summed E-state index contributed by atoms with van der Waals surface area (Å²) in [7, 11) is 0. The number of carbonyl (C=O) groups excluding carboxylic acids is 1. The van der Waals surface area contributed by atoms with Crippen molar-refractivity contribution < 1.29 is 4.79 Å². The van der Waals surface area contributed by atoms with Crippen molar-refractivity contribution in [2.24, 2.45) is 17.3 Å². The third-order valence-electron chi connectivity index (χ3n) is 3.74. The summed E-state index contributed by atoms with van der Waals surface area (Å²) >= 11 is 0. The number of likely N-dealkylation sites (tertiary alicyclic amines) is 1. The summed E-state index contributed by atoms with van der Waals surface area (Å²) in [6, 6.07) is 0. The Bertz CT molecular complexity index is 230. The van der Waals surface area contributed by atoms with E-state index in [1.165, 1.54) is 6.42 Å². The van der Waals surface area contributed by atoms with E-state index in [0.29, 0.717) is 23.2 Å². The molecule has 1 heterocycles. The molecule has 74 valence electrons. The molecule has 2 nitrogen and oxygen atoms in total. The third kappa shape index (κ3) is 1.47. The fourth-order valence-corrected chi connectivity index (χ4v) is 2.16. The van der Waals surface area contributed by atoms with Crippen LogP contribution in [0.15, 0.2) is 0 Å². The lowest BCUT2D eigenvalue weighted by atomic mass is 9.79. The molecule has 2 fully saturated rings. The van der Waals surface area contributed by atoms with E-state index in [2.05, 4.69) is 20.8 Å². The Morgan fingerprint density at radius 3 is 2.46 bits per heavy atom. The molecule has 0 bridgehead atoms. The van der Waals surface area contributed by atoms with Crippen molar-refractivity contribution in [3.63, 3.8) is 0 Å². The summed E-state index contributed by atoms with van der Waals surface area (Å²) in [5.41, 5.74) is 0.424. The van der Waals surface area contributed by atoms with Crippen LogP contribution in [0, 0.1) is 17.3 Å². The second-order valence-corrected chi connectivity index (χ2v) is 5.18. The highest BCUT2D eigenvalue weighted by molar-refractivity contribution is 5.82. The monoisotopic (exact) mass is 181 g/mol. The van der Waals surface area contributed by atoms with Crippen LogP contribution in [0.2, 0.25) is 0 Å². The average molecular weight is 181 g/mol. The lowest BCUT2D eigenvalue weighted by Crippen LogP contribution is -2.57. The summed E-state index contributed by atoms with van der Waals surface area (Å²) in [5, 5.41) is 0. The maximum atomic E-state index is 11.7. The van der Waals surface area contributed by atoms with Crippen LogP contribution in [-0.2, 0) is 4.79 Å². The van der Waals surface area contributed by atoms with Crippen molar-refractivity contribution in [1.82, 2.24) is 4.90 Å². The van der Waals surface area contributed by atoms with Gasteiger partial charge in [0, 0.05) is 24.4 Å². The highest BCUT2D eigenvalue weighted by Crippen LogP contribution is 2.42. The van der Waals surface area contributed by atoms with Crippen molar-refractivity contribution in [2.45, 2.75) is 33.6 Å². The van der Waals surface area contributed by atoms with E-state index in [1.54, 1.807) is 0 Å². The molecule has 0 spiro atoms. The molecule has 2 heteroatoms. The molecular formula is C11H19NO. The standard InChI is InChI=1S/C11H19NO/c1-4-11(3)6-12(7-11)10(13)9-5-8(9)2/h8-9H,4-7H2,1-3H3/t8-,9-/m1/s1. The molecule has 13 heavy (non-hydrogen) atoms. The first-order chi connectivity index (χ1) is 6.06. The van der Waals surface area contributed by atoms with Gasteiger partial charge in [0.15, 0.2) is 0 Å². The van der Waals surface area contributed by atoms with E-state index in [4.69, 9.17) is 0 Å². The molecule has 0 N–H and O–H groups in total. The second kappa shape index (κ2) is 2.73. The van der Waals surface area contributed by atoms with Gasteiger partial charge < -0.3 is 4.90 Å². The molecule has 1 aliphatic heterocycles. The topological polar surface area (TPSA) is 20.3 Å². The number of hydrogen-bond acceptors (Lipinski definition) is 1. The van der Waals surface area contributed by atoms with Crippen molar-refractivity contribution in [3.05, 3.63) is 0 Å². The minimum absolute atomic E-state index is 0.376. The molecule has 0 aromatic heterocycles. The highest BCUT2D eigenvalue weighted by Gasteiger charge is 2.47. The van der Waals surface area contributed by atoms with Gasteiger partial charge in [-0.25, -0.2) is 0 Å². The number of amides is 1. The molecule has 1 aliphatic carbocycles. The minimum atomic E-state index is 0.376. The minimum Gasteiger partial charge on any atom is -0.341 e. The predicted octanol–water partition coefficient (Wildman–Crippen LogP) is 1.90. The van der Waals surface area contributed by atoms with Crippen molar-refractivity contribution in [1.29, 1.82) is 0 Å². The van der Waals surface area contributed by atoms with Gasteiger partial charge in [-0.15, -0.1) is 0 Å². The van der Waals surface area contributed by atoms with Gasteiger partial charge in [-0.1, -0.05) is 20.8 Å². The van der Waals surface area contributed by atoms with Gasteiger partial charge in [0.1, 0.15) is 0 Å². The number of hydrogen-bond donors (Lipinski definition) is 0. The van der Waals surface area contributed by atoms with Crippen LogP contribution in [0.4, 0.5) is 0 Å². The zero-order valence-electron chi connectivity index (χ0n) is 8.84. The molecule has 0 unspecified atom stereocenters. The maximum absolute atomic E-state index is 11.7. The van der Waals surface area contributed by atoms with Crippen LogP contribution < -0.4 is 0 Å². The Morgan fingerprint density at radius 2 is 2.08 bits per heavy atom. The molecule has 0 aromatic carbocycles. The van der Waals surface area contributed by atoms with Crippen LogP contribution in [-0.4, -0.2) is 23.9 Å². The number of rotatable bonds is 2. The van der Waals surface area contributed by atoms with Crippen LogP contribution in [0.3, 0.4) is 0 Å². The summed E-state index contributed by atoms with van der Waals surface area (Å²) in [4.78, 5) is 13.8. The predicted molar refractivity (Wildman–Crippen MR) is 52.2 cm³/mol. The van der Waals surface area contributed by atoms with E-state index < -0.39 is 0 Å². The van der Waals surface area contributed by atoms with Crippen LogP contribution in [0.25, 0.3) is 0 Å². The maximum Gasteiger partial charge on any atom is 0.225 e. The fourth-order valence-electron chi connectivity index (χ4n) is 2.16. The quantitative estimate of drug-likeness (QED) is 0.637. The Morgan fingerprint density at radius 1 is 1.54 bits per heavy atom. The first-order valence-corrected chi connectivity index (χ1v) is 5.34. The molecule has 0 radical (unpaired) electrons. The Balaban J connectivity index is 1.83. The molecule has 1 amide bonds. The van der Waals surface area contributed by atoms with Gasteiger partial charge in [0.2, 0.25) is 5.91 Å². The molecular weight excluding hydrogens is 162 g/mol. The van der Waals surface area contributed by atoms with E-state index >= 15 is 0 Å². The molecule has 2 atom stereocenters. The van der Waals surface area contributed by atoms with Gasteiger partial charge in [-0.3, -0.25) is 4.79 Å². The molecule has 1 saturated heterocycles. The Labute approximate surface area is 80.3 Å². The van der Waals surface area contributed by atoms with Crippen molar-refractivity contribution in [2.75, 3.05) is 13.1 Å². The summed E-state index contributed by atoms with van der Waals surface area (Å²) in [6.07, 6.45) is 2.31. The number of carbonyl (C=O) groups is 1. The van der Waals surface area contributed by atoms with Gasteiger partial charge in [0.25, 0.3) is 0 Å². The van der Waals surface area contributed by atoms with Crippen LogP contribution >= 0.6 is 0 Å². The molecule has 2 aliphatic rings. The van der Waals surface area contributed by atoms with Crippen molar-refractivity contribution in [3.8, 4) is 0 Å². The highest BCUT2D eigenvalue weighted by atomic mass is 16.2. The van der Waals surface area contributed by atoms with Gasteiger partial charge in [0.05, 0.1) is 0 Å². The molecule has 1 saturated carbocycles. The second-order valence-electron chi connectivity index (χ2n) is 5.18. The third-order valence-corrected chi connectivity index (χ3v) is 3.74. The summed E-state index contributed by atoms with van der Waals surface area (Å²) in [6.45, 7) is 8.63. The van der Waals surface area contributed by atoms with E-state index in [0.717, 1.165) is 19.5 Å². The summed E-state index contributed by atoms with van der Waals surface area (Å²) < 4.78 is 0. The van der Waals surface area contributed by atoms with E-state index in [1.807, 2.05) is 4.90 Å². The van der Waals surface area contributed by atoms with Gasteiger partial charge >= 0.3 is 0 Å². The first kappa shape index (κ1) is 9.04. The van der Waals surface area contributed by atoms with Crippen LogP contribution in [0.5, 0.6) is 0 Å². The number of nitrogens with zero attached hydrogens (tertiary/aromatic N) is 1. The first-order valence-electron chi connectivity index (χ1n) is 5.34. The zero-order chi connectivity index (χ0) is 9.64. The lowest BCUT2D eigenvalue weighted by molar-refractivity contribution is -0.144. The van der Waals surface area contributed by atoms with E-state index in [-0.39, 0.29) is 0 Å². The molecule has 2 rings (SSSR count). The smallest absolute Gasteiger partial charge is 0.225 e. The SMILES string of the molecule is CCC1(C)CN(C(=O)[C@@H]2C[C@H]2C)C1. The van der Waals surface area contributed by atoms with Gasteiger partial charge in [-0.2, -0.15) is 0 Å². The largest absolute Gasteiger partial charge is 0.341 e. The normalized spacial score (nSPS) is 35.5.